The first-order valence-corrected chi connectivity index (χ1v) is 7.85. The third-order valence-corrected chi connectivity index (χ3v) is 3.47. The van der Waals surface area contributed by atoms with Gasteiger partial charge in [0.05, 0.1) is 11.3 Å². The minimum Gasteiger partial charge on any atom is -0.358 e. The van der Waals surface area contributed by atoms with Crippen molar-refractivity contribution in [3.8, 4) is 0 Å². The van der Waals surface area contributed by atoms with Crippen LogP contribution in [-0.4, -0.2) is 35.6 Å². The molecule has 0 atom stereocenters. The fourth-order valence-corrected chi connectivity index (χ4v) is 2.20. The number of carbonyl (C=O) groups excluding carboxylic acids is 1. The molecule has 1 aromatic heterocycles. The van der Waals surface area contributed by atoms with Gasteiger partial charge in [0.25, 0.3) is 9.05 Å². The highest BCUT2D eigenvalue weighted by Gasteiger charge is 2.30. The number of aromatic nitrogens is 2. The molecular formula is C9H13ClN4O5S. The summed E-state index contributed by atoms with van der Waals surface area (Å²) in [4.78, 5) is 20.5. The summed E-state index contributed by atoms with van der Waals surface area (Å²) in [5.74, 6) is -1.10. The van der Waals surface area contributed by atoms with Crippen LogP contribution < -0.4 is 5.32 Å². The van der Waals surface area contributed by atoms with E-state index in [0.29, 0.717) is 6.54 Å². The smallest absolute Gasteiger partial charge is 0.358 e. The van der Waals surface area contributed by atoms with Crippen molar-refractivity contribution in [1.29, 1.82) is 0 Å². The van der Waals surface area contributed by atoms with E-state index in [4.69, 9.17) is 10.7 Å². The highest BCUT2D eigenvalue weighted by Crippen LogP contribution is 2.24. The van der Waals surface area contributed by atoms with Crippen LogP contribution >= 0.6 is 10.7 Å². The minimum absolute atomic E-state index is 0.240. The van der Waals surface area contributed by atoms with E-state index in [0.717, 1.165) is 10.9 Å². The second kappa shape index (κ2) is 6.18. The number of carbonyl (C=O) groups is 1. The van der Waals surface area contributed by atoms with Crippen LogP contribution in [0.4, 0.5) is 5.82 Å². The zero-order valence-electron chi connectivity index (χ0n) is 10.7. The van der Waals surface area contributed by atoms with Crippen LogP contribution in [0.2, 0.25) is 0 Å². The zero-order valence-corrected chi connectivity index (χ0v) is 12.3. The lowest BCUT2D eigenvalue weighted by Gasteiger charge is -2.05. The Morgan fingerprint density at radius 1 is 1.60 bits per heavy atom. The van der Waals surface area contributed by atoms with Crippen LogP contribution in [0.3, 0.4) is 0 Å². The van der Waals surface area contributed by atoms with Gasteiger partial charge >= 0.3 is 5.82 Å². The van der Waals surface area contributed by atoms with Crippen molar-refractivity contribution < 1.29 is 18.1 Å². The molecule has 1 N–H and O–H groups in total. The highest BCUT2D eigenvalue weighted by atomic mass is 35.7. The van der Waals surface area contributed by atoms with Crippen LogP contribution in [0.1, 0.15) is 13.8 Å². The van der Waals surface area contributed by atoms with E-state index in [1.165, 1.54) is 0 Å². The van der Waals surface area contributed by atoms with E-state index >= 15 is 0 Å². The third kappa shape index (κ3) is 4.46. The van der Waals surface area contributed by atoms with Crippen molar-refractivity contribution in [3.05, 3.63) is 16.3 Å². The number of nitrogens with one attached hydrogen (secondary N) is 1. The van der Waals surface area contributed by atoms with Crippen molar-refractivity contribution in [2.45, 2.75) is 25.3 Å². The van der Waals surface area contributed by atoms with Gasteiger partial charge in [-0.25, -0.2) is 8.42 Å². The minimum atomic E-state index is -4.30. The first kappa shape index (κ1) is 16.4. The predicted octanol–water partition coefficient (Wildman–Crippen LogP) is 0.491. The van der Waals surface area contributed by atoms with Gasteiger partial charge in [0, 0.05) is 17.2 Å². The summed E-state index contributed by atoms with van der Waals surface area (Å²) in [5, 5.41) is 16.7. The van der Waals surface area contributed by atoms with E-state index in [9.17, 15) is 23.3 Å². The number of hydrogen-bond acceptors (Lipinski definition) is 6. The lowest BCUT2D eigenvalue weighted by molar-refractivity contribution is -0.392. The summed E-state index contributed by atoms with van der Waals surface area (Å²) in [6, 6.07) is 0. The Kier molecular flexibility index (Phi) is 5.06. The van der Waals surface area contributed by atoms with Gasteiger partial charge in [-0.1, -0.05) is 13.8 Å². The number of hydrogen-bond donors (Lipinski definition) is 1. The van der Waals surface area contributed by atoms with Gasteiger partial charge in [0.15, 0.2) is 0 Å². The van der Waals surface area contributed by atoms with Crippen LogP contribution in [0.15, 0.2) is 11.1 Å². The molecule has 0 aliphatic heterocycles. The average Bonchev–Trinajstić information content (AvgIpc) is 2.70. The van der Waals surface area contributed by atoms with Crippen LogP contribution in [0.5, 0.6) is 0 Å². The van der Waals surface area contributed by atoms with Gasteiger partial charge in [-0.2, -0.15) is 4.68 Å². The number of halogens is 1. The molecular weight excluding hydrogens is 312 g/mol. The molecule has 11 heteroatoms. The molecule has 0 saturated carbocycles. The van der Waals surface area contributed by atoms with Crippen molar-refractivity contribution >= 4 is 31.5 Å². The topological polar surface area (TPSA) is 124 Å². The number of nitro groups is 1. The summed E-state index contributed by atoms with van der Waals surface area (Å²) in [5.41, 5.74) is 0. The average molecular weight is 325 g/mol. The first-order chi connectivity index (χ1) is 9.11. The summed E-state index contributed by atoms with van der Waals surface area (Å²) in [6.45, 7) is 3.90. The Morgan fingerprint density at radius 3 is 2.60 bits per heavy atom. The van der Waals surface area contributed by atoms with Gasteiger partial charge in [-0.3, -0.25) is 4.79 Å². The van der Waals surface area contributed by atoms with Crippen LogP contribution in [-0.2, 0) is 20.4 Å². The molecule has 0 saturated heterocycles. The molecule has 0 aromatic carbocycles. The zero-order chi connectivity index (χ0) is 15.5. The maximum absolute atomic E-state index is 11.5. The van der Waals surface area contributed by atoms with Gasteiger partial charge in [0.2, 0.25) is 10.8 Å². The molecule has 1 heterocycles. The van der Waals surface area contributed by atoms with Crippen molar-refractivity contribution in [2.75, 3.05) is 6.54 Å². The van der Waals surface area contributed by atoms with Crippen LogP contribution in [0.25, 0.3) is 0 Å². The predicted molar refractivity (Wildman–Crippen MR) is 69.8 cm³/mol. The van der Waals surface area contributed by atoms with Gasteiger partial charge < -0.3 is 15.4 Å². The maximum atomic E-state index is 11.5. The molecule has 0 spiro atoms. The Bertz CT molecular complexity index is 624. The fourth-order valence-electron chi connectivity index (χ4n) is 1.29. The van der Waals surface area contributed by atoms with E-state index in [1.807, 2.05) is 13.8 Å². The molecule has 0 aliphatic rings. The van der Waals surface area contributed by atoms with E-state index in [2.05, 4.69) is 10.4 Å². The SMILES string of the molecule is CC(C)CNC(=O)Cn1cc(S(=O)(=O)Cl)c([N+](=O)[O-])n1. The Labute approximate surface area is 119 Å². The van der Waals surface area contributed by atoms with Crippen LogP contribution in [0, 0.1) is 16.0 Å². The molecule has 112 valence electrons. The van der Waals surface area contributed by atoms with Gasteiger partial charge in [-0.15, -0.1) is 0 Å². The largest absolute Gasteiger partial charge is 0.410 e. The summed E-state index contributed by atoms with van der Waals surface area (Å²) >= 11 is 0. The lowest BCUT2D eigenvalue weighted by atomic mass is 10.2. The van der Waals surface area contributed by atoms with Gasteiger partial charge in [-0.05, 0) is 10.8 Å². The second-order valence-electron chi connectivity index (χ2n) is 4.41. The molecule has 0 fully saturated rings. The quantitative estimate of drug-likeness (QED) is 0.461. The molecule has 1 aromatic rings. The fraction of sp³-hybridized carbons (Fsp3) is 0.556. The van der Waals surface area contributed by atoms with E-state index in [-0.39, 0.29) is 12.5 Å². The molecule has 0 bridgehead atoms. The lowest BCUT2D eigenvalue weighted by Crippen LogP contribution is -2.30. The number of rotatable bonds is 6. The maximum Gasteiger partial charge on any atom is 0.410 e. The van der Waals surface area contributed by atoms with Gasteiger partial charge in [0.1, 0.15) is 6.54 Å². The second-order valence-corrected chi connectivity index (χ2v) is 6.94. The summed E-state index contributed by atoms with van der Waals surface area (Å²) in [6.07, 6.45) is 0.857. The molecule has 0 unspecified atom stereocenters. The van der Waals surface area contributed by atoms with Crippen molar-refractivity contribution in [3.63, 3.8) is 0 Å². The van der Waals surface area contributed by atoms with Crippen molar-refractivity contribution in [2.24, 2.45) is 5.92 Å². The number of amides is 1. The molecule has 1 rings (SSSR count). The monoisotopic (exact) mass is 324 g/mol. The highest BCUT2D eigenvalue weighted by molar-refractivity contribution is 8.13. The Morgan fingerprint density at radius 2 is 2.20 bits per heavy atom. The summed E-state index contributed by atoms with van der Waals surface area (Å²) < 4.78 is 23.2. The molecule has 0 radical (unpaired) electrons. The molecule has 1 amide bonds. The van der Waals surface area contributed by atoms with E-state index in [1.54, 1.807) is 0 Å². The summed E-state index contributed by atoms with van der Waals surface area (Å²) in [7, 11) is 0.771. The third-order valence-electron chi connectivity index (χ3n) is 2.16. The van der Waals surface area contributed by atoms with E-state index < -0.39 is 30.6 Å². The first-order valence-electron chi connectivity index (χ1n) is 5.54. The molecule has 0 aliphatic carbocycles. The standard InChI is InChI=1S/C9H13ClN4O5S/c1-6(2)3-11-8(15)5-13-4-7(20(10,18)19)9(12-13)14(16)17/h4,6H,3,5H2,1-2H3,(H,11,15). The van der Waals surface area contributed by atoms with Crippen molar-refractivity contribution in [1.82, 2.24) is 15.1 Å². The molecule has 20 heavy (non-hydrogen) atoms. The number of nitrogens with zero attached hydrogens (tertiary/aromatic N) is 3. The Hall–Kier alpha value is -1.68. The normalized spacial score (nSPS) is 11.6. The molecule has 9 nitrogen and oxygen atoms in total. The Balaban J connectivity index is 2.93.